The summed E-state index contributed by atoms with van der Waals surface area (Å²) in [5.41, 5.74) is 1.37. The number of aromatic nitrogens is 3. The largest absolute Gasteiger partial charge is 0.394 e. The van der Waals surface area contributed by atoms with Crippen molar-refractivity contribution in [2.45, 2.75) is 39.8 Å². The molecule has 2 N–H and O–H groups in total. The van der Waals surface area contributed by atoms with E-state index in [0.717, 1.165) is 5.56 Å². The lowest BCUT2D eigenvalue weighted by molar-refractivity contribution is 0.0892. The van der Waals surface area contributed by atoms with Crippen LogP contribution in [0.25, 0.3) is 0 Å². The smallest absolute Gasteiger partial charge is 0.273 e. The van der Waals surface area contributed by atoms with Crippen molar-refractivity contribution in [2.24, 2.45) is 5.41 Å². The molecule has 1 aromatic heterocycles. The molecule has 6 nitrogen and oxygen atoms in total. The molecule has 0 aliphatic heterocycles. The van der Waals surface area contributed by atoms with Gasteiger partial charge in [-0.25, -0.2) is 4.68 Å². The number of hydrogen-bond donors (Lipinski definition) is 2. The van der Waals surface area contributed by atoms with Gasteiger partial charge in [-0.3, -0.25) is 4.79 Å². The van der Waals surface area contributed by atoms with Crippen molar-refractivity contribution in [3.05, 3.63) is 47.8 Å². The number of aliphatic hydroxyl groups excluding tert-OH is 1. The zero-order valence-corrected chi connectivity index (χ0v) is 13.9. The Morgan fingerprint density at radius 2 is 2.00 bits per heavy atom. The number of carbonyl (C=O) groups excluding carboxylic acids is 1. The predicted molar refractivity (Wildman–Crippen MR) is 88.0 cm³/mol. The topological polar surface area (TPSA) is 80.0 Å². The third kappa shape index (κ3) is 5.49. The quantitative estimate of drug-likeness (QED) is 0.852. The van der Waals surface area contributed by atoms with Crippen LogP contribution in [-0.4, -0.2) is 38.7 Å². The van der Waals surface area contributed by atoms with Gasteiger partial charge in [0.15, 0.2) is 5.69 Å². The van der Waals surface area contributed by atoms with Gasteiger partial charge >= 0.3 is 0 Å². The minimum Gasteiger partial charge on any atom is -0.394 e. The van der Waals surface area contributed by atoms with E-state index < -0.39 is 0 Å². The third-order valence-electron chi connectivity index (χ3n) is 3.37. The monoisotopic (exact) mass is 316 g/mol. The number of aliphatic hydroxyl groups is 1. The molecular weight excluding hydrogens is 292 g/mol. The van der Waals surface area contributed by atoms with Gasteiger partial charge in [0.1, 0.15) is 0 Å². The number of nitrogens with zero attached hydrogens (tertiary/aromatic N) is 3. The molecule has 23 heavy (non-hydrogen) atoms. The van der Waals surface area contributed by atoms with Gasteiger partial charge in [0, 0.05) is 0 Å². The fourth-order valence-corrected chi connectivity index (χ4v) is 2.41. The molecular formula is C17H24N4O2. The summed E-state index contributed by atoms with van der Waals surface area (Å²) >= 11 is 0. The third-order valence-corrected chi connectivity index (χ3v) is 3.37. The second-order valence-corrected chi connectivity index (χ2v) is 6.90. The fourth-order valence-electron chi connectivity index (χ4n) is 2.41. The van der Waals surface area contributed by atoms with Crippen molar-refractivity contribution < 1.29 is 9.90 Å². The SMILES string of the molecule is CC(C)(C)CC(CO)NC(=O)c1cn(Cc2ccccc2)nn1. The molecule has 0 spiro atoms. The highest BCUT2D eigenvalue weighted by atomic mass is 16.3. The maximum Gasteiger partial charge on any atom is 0.273 e. The number of benzene rings is 1. The Hall–Kier alpha value is -2.21. The number of carbonyl (C=O) groups is 1. The molecule has 1 atom stereocenters. The number of rotatable bonds is 6. The average molecular weight is 316 g/mol. The molecule has 0 aliphatic rings. The molecule has 6 heteroatoms. The molecule has 0 fully saturated rings. The van der Waals surface area contributed by atoms with Crippen LogP contribution >= 0.6 is 0 Å². The molecule has 1 amide bonds. The fraction of sp³-hybridized carbons (Fsp3) is 0.471. The summed E-state index contributed by atoms with van der Waals surface area (Å²) in [6.07, 6.45) is 2.31. The van der Waals surface area contributed by atoms with E-state index in [-0.39, 0.29) is 29.7 Å². The van der Waals surface area contributed by atoms with Crippen molar-refractivity contribution in [3.63, 3.8) is 0 Å². The van der Waals surface area contributed by atoms with E-state index in [1.54, 1.807) is 10.9 Å². The molecule has 0 bridgehead atoms. The van der Waals surface area contributed by atoms with Crippen molar-refractivity contribution >= 4 is 5.91 Å². The summed E-state index contributed by atoms with van der Waals surface area (Å²) in [4.78, 5) is 12.2. The Balaban J connectivity index is 1.98. The van der Waals surface area contributed by atoms with Gasteiger partial charge in [0.2, 0.25) is 0 Å². The minimum absolute atomic E-state index is 0.0194. The van der Waals surface area contributed by atoms with Crippen LogP contribution in [0.1, 0.15) is 43.2 Å². The Labute approximate surface area is 136 Å². The zero-order valence-electron chi connectivity index (χ0n) is 13.9. The Morgan fingerprint density at radius 3 is 2.61 bits per heavy atom. The van der Waals surface area contributed by atoms with E-state index in [1.807, 2.05) is 30.3 Å². The molecule has 2 aromatic rings. The second-order valence-electron chi connectivity index (χ2n) is 6.90. The van der Waals surface area contributed by atoms with Crippen molar-refractivity contribution in [1.82, 2.24) is 20.3 Å². The van der Waals surface area contributed by atoms with Crippen molar-refractivity contribution in [3.8, 4) is 0 Å². The van der Waals surface area contributed by atoms with Crippen LogP contribution in [0.5, 0.6) is 0 Å². The van der Waals surface area contributed by atoms with Crippen LogP contribution in [-0.2, 0) is 6.54 Å². The molecule has 0 saturated heterocycles. The predicted octanol–water partition coefficient (Wildman–Crippen LogP) is 1.85. The maximum atomic E-state index is 12.2. The first kappa shape index (κ1) is 17.1. The summed E-state index contributed by atoms with van der Waals surface area (Å²) in [5, 5.41) is 20.1. The molecule has 124 valence electrons. The standard InChI is InChI=1S/C17H24N4O2/c1-17(2,3)9-14(12-22)18-16(23)15-11-21(20-19-15)10-13-7-5-4-6-8-13/h4-8,11,14,22H,9-10,12H2,1-3H3,(H,18,23). The van der Waals surface area contributed by atoms with Crippen molar-refractivity contribution in [2.75, 3.05) is 6.61 Å². The lowest BCUT2D eigenvalue weighted by Crippen LogP contribution is -2.40. The first-order chi connectivity index (χ1) is 10.9. The molecule has 0 aliphatic carbocycles. The van der Waals surface area contributed by atoms with Crippen LogP contribution < -0.4 is 5.32 Å². The summed E-state index contributed by atoms with van der Waals surface area (Å²) in [6.45, 7) is 6.67. The van der Waals surface area contributed by atoms with E-state index in [2.05, 4.69) is 36.4 Å². The lowest BCUT2D eigenvalue weighted by Gasteiger charge is -2.25. The molecule has 0 saturated carbocycles. The van der Waals surface area contributed by atoms with Gasteiger partial charge in [-0.2, -0.15) is 0 Å². The summed E-state index contributed by atoms with van der Waals surface area (Å²) < 4.78 is 1.63. The zero-order chi connectivity index (χ0) is 16.9. The summed E-state index contributed by atoms with van der Waals surface area (Å²) in [7, 11) is 0. The van der Waals surface area contributed by atoms with Crippen LogP contribution in [0.2, 0.25) is 0 Å². The number of hydrogen-bond acceptors (Lipinski definition) is 4. The Morgan fingerprint density at radius 1 is 1.30 bits per heavy atom. The number of nitrogens with one attached hydrogen (secondary N) is 1. The summed E-state index contributed by atoms with van der Waals surface area (Å²) in [6, 6.07) is 9.56. The van der Waals surface area contributed by atoms with Crippen LogP contribution in [0.15, 0.2) is 36.5 Å². The Kier molecular flexibility index (Phi) is 5.50. The molecule has 1 unspecified atom stereocenters. The van der Waals surface area contributed by atoms with Crippen LogP contribution in [0.3, 0.4) is 0 Å². The van der Waals surface area contributed by atoms with Crippen LogP contribution in [0, 0.1) is 5.41 Å². The van der Waals surface area contributed by atoms with Gasteiger partial charge in [-0.15, -0.1) is 5.10 Å². The molecule has 1 heterocycles. The highest BCUT2D eigenvalue weighted by Gasteiger charge is 2.21. The van der Waals surface area contributed by atoms with Gasteiger partial charge in [-0.05, 0) is 17.4 Å². The minimum atomic E-state index is -0.312. The van der Waals surface area contributed by atoms with E-state index in [4.69, 9.17) is 0 Å². The van der Waals surface area contributed by atoms with Gasteiger partial charge in [0.25, 0.3) is 5.91 Å². The average Bonchev–Trinajstić information content (AvgIpc) is 2.94. The highest BCUT2D eigenvalue weighted by Crippen LogP contribution is 2.20. The van der Waals surface area contributed by atoms with E-state index in [1.165, 1.54) is 0 Å². The van der Waals surface area contributed by atoms with Gasteiger partial charge in [-0.1, -0.05) is 56.3 Å². The van der Waals surface area contributed by atoms with E-state index in [0.29, 0.717) is 13.0 Å². The van der Waals surface area contributed by atoms with Crippen LogP contribution in [0.4, 0.5) is 0 Å². The molecule has 2 rings (SSSR count). The van der Waals surface area contributed by atoms with Crippen molar-refractivity contribution in [1.29, 1.82) is 0 Å². The van der Waals surface area contributed by atoms with Gasteiger partial charge < -0.3 is 10.4 Å². The summed E-state index contributed by atoms with van der Waals surface area (Å²) in [5.74, 6) is -0.312. The Bertz CT molecular complexity index is 632. The van der Waals surface area contributed by atoms with E-state index in [9.17, 15) is 9.90 Å². The molecule has 0 radical (unpaired) electrons. The first-order valence-corrected chi connectivity index (χ1v) is 7.73. The second kappa shape index (κ2) is 7.37. The van der Waals surface area contributed by atoms with E-state index >= 15 is 0 Å². The normalized spacial score (nSPS) is 12.9. The first-order valence-electron chi connectivity index (χ1n) is 7.73. The molecule has 1 aromatic carbocycles. The number of amides is 1. The van der Waals surface area contributed by atoms with Gasteiger partial charge in [0.05, 0.1) is 25.4 Å². The maximum absolute atomic E-state index is 12.2. The highest BCUT2D eigenvalue weighted by molar-refractivity contribution is 5.92. The lowest BCUT2D eigenvalue weighted by atomic mass is 9.88.